The first-order valence-electron chi connectivity index (χ1n) is 9.17. The number of hydrogen-bond donors (Lipinski definition) is 1. The Labute approximate surface area is 162 Å². The van der Waals surface area contributed by atoms with E-state index < -0.39 is 6.04 Å². The Balaban J connectivity index is 1.92. The fourth-order valence-electron chi connectivity index (χ4n) is 3.75. The molecular formula is C22H21NO5. The van der Waals surface area contributed by atoms with Crippen LogP contribution in [-0.2, 0) is 4.74 Å². The summed E-state index contributed by atoms with van der Waals surface area (Å²) in [6.07, 6.45) is 0.637. The van der Waals surface area contributed by atoms with Crippen LogP contribution in [0.1, 0.15) is 39.7 Å². The van der Waals surface area contributed by atoms with Gasteiger partial charge in [-0.3, -0.25) is 9.59 Å². The molecule has 1 unspecified atom stereocenters. The predicted molar refractivity (Wildman–Crippen MR) is 105 cm³/mol. The van der Waals surface area contributed by atoms with Gasteiger partial charge in [0.25, 0.3) is 5.91 Å². The number of rotatable bonds is 5. The number of phenolic OH excluding ortho intramolecular Hbond substituents is 1. The highest BCUT2D eigenvalue weighted by molar-refractivity contribution is 5.99. The Kier molecular flexibility index (Phi) is 4.65. The molecule has 0 aliphatic carbocycles. The number of ether oxygens (including phenoxy) is 1. The highest BCUT2D eigenvalue weighted by atomic mass is 16.5. The van der Waals surface area contributed by atoms with Crippen LogP contribution in [0.5, 0.6) is 5.75 Å². The molecule has 0 saturated carbocycles. The van der Waals surface area contributed by atoms with Crippen molar-refractivity contribution in [3.8, 4) is 5.75 Å². The Morgan fingerprint density at radius 3 is 2.61 bits per heavy atom. The molecule has 0 fully saturated rings. The van der Waals surface area contributed by atoms with Gasteiger partial charge in [-0.25, -0.2) is 0 Å². The van der Waals surface area contributed by atoms with Gasteiger partial charge in [0.15, 0.2) is 5.43 Å². The molecule has 0 bridgehead atoms. The lowest BCUT2D eigenvalue weighted by Crippen LogP contribution is -2.31. The molecule has 0 saturated heterocycles. The molecule has 144 valence electrons. The maximum atomic E-state index is 13.3. The molecule has 3 aromatic rings. The van der Waals surface area contributed by atoms with Crippen LogP contribution >= 0.6 is 0 Å². The minimum Gasteiger partial charge on any atom is -0.508 e. The van der Waals surface area contributed by atoms with E-state index in [0.717, 1.165) is 11.1 Å². The number of fused-ring (bicyclic) bond motifs is 2. The van der Waals surface area contributed by atoms with Gasteiger partial charge in [-0.05, 0) is 43.2 Å². The second-order valence-electron chi connectivity index (χ2n) is 7.01. The van der Waals surface area contributed by atoms with E-state index in [1.54, 1.807) is 48.4 Å². The number of phenols is 1. The molecule has 6 nitrogen and oxygen atoms in total. The molecule has 0 spiro atoms. The van der Waals surface area contributed by atoms with Crippen molar-refractivity contribution in [3.63, 3.8) is 0 Å². The smallest absolute Gasteiger partial charge is 0.290 e. The Hall–Kier alpha value is -3.12. The number of aryl methyl sites for hydroxylation is 1. The summed E-state index contributed by atoms with van der Waals surface area (Å²) in [6, 6.07) is 11.4. The number of amides is 1. The Morgan fingerprint density at radius 1 is 1.14 bits per heavy atom. The predicted octanol–water partition coefficient (Wildman–Crippen LogP) is 3.39. The molecule has 1 aliphatic heterocycles. The first kappa shape index (κ1) is 18.3. The quantitative estimate of drug-likeness (QED) is 0.688. The molecule has 28 heavy (non-hydrogen) atoms. The third-order valence-electron chi connectivity index (χ3n) is 5.08. The van der Waals surface area contributed by atoms with Crippen molar-refractivity contribution >= 4 is 16.9 Å². The molecular weight excluding hydrogens is 358 g/mol. The molecule has 4 rings (SSSR count). The van der Waals surface area contributed by atoms with Gasteiger partial charge < -0.3 is 19.2 Å². The summed E-state index contributed by atoms with van der Waals surface area (Å²) in [7, 11) is 1.61. The normalized spacial score (nSPS) is 16.0. The van der Waals surface area contributed by atoms with E-state index in [0.29, 0.717) is 36.1 Å². The number of hydrogen-bond acceptors (Lipinski definition) is 5. The van der Waals surface area contributed by atoms with Crippen LogP contribution in [0.3, 0.4) is 0 Å². The second kappa shape index (κ2) is 7.13. The lowest BCUT2D eigenvalue weighted by molar-refractivity contribution is 0.0708. The Morgan fingerprint density at radius 2 is 1.89 bits per heavy atom. The first-order valence-corrected chi connectivity index (χ1v) is 9.17. The van der Waals surface area contributed by atoms with Gasteiger partial charge in [-0.15, -0.1) is 0 Å². The summed E-state index contributed by atoms with van der Waals surface area (Å²) < 4.78 is 11.0. The van der Waals surface area contributed by atoms with Crippen LogP contribution in [0.15, 0.2) is 51.7 Å². The fourth-order valence-corrected chi connectivity index (χ4v) is 3.75. The topological polar surface area (TPSA) is 80.0 Å². The van der Waals surface area contributed by atoms with Gasteiger partial charge in [0.2, 0.25) is 5.76 Å². The lowest BCUT2D eigenvalue weighted by Gasteiger charge is -2.25. The second-order valence-corrected chi connectivity index (χ2v) is 7.01. The Bertz CT molecular complexity index is 1100. The fraction of sp³-hybridized carbons (Fsp3) is 0.273. The van der Waals surface area contributed by atoms with Gasteiger partial charge in [0.1, 0.15) is 11.3 Å². The van der Waals surface area contributed by atoms with E-state index in [1.165, 1.54) is 0 Å². The average Bonchev–Trinajstić information content (AvgIpc) is 2.96. The molecule has 2 heterocycles. The zero-order valence-electron chi connectivity index (χ0n) is 15.8. The molecule has 6 heteroatoms. The molecule has 1 aromatic heterocycles. The van der Waals surface area contributed by atoms with Gasteiger partial charge in [0, 0.05) is 20.3 Å². The van der Waals surface area contributed by atoms with E-state index >= 15 is 0 Å². The van der Waals surface area contributed by atoms with Crippen molar-refractivity contribution in [1.29, 1.82) is 0 Å². The number of nitrogens with zero attached hydrogens (tertiary/aromatic N) is 1. The minimum absolute atomic E-state index is 0.0943. The number of benzene rings is 2. The van der Waals surface area contributed by atoms with E-state index in [-0.39, 0.29) is 22.8 Å². The van der Waals surface area contributed by atoms with E-state index in [4.69, 9.17) is 9.15 Å². The highest BCUT2D eigenvalue weighted by Crippen LogP contribution is 2.38. The third-order valence-corrected chi connectivity index (χ3v) is 5.08. The highest BCUT2D eigenvalue weighted by Gasteiger charge is 2.42. The van der Waals surface area contributed by atoms with Crippen molar-refractivity contribution in [2.75, 3.05) is 20.3 Å². The van der Waals surface area contributed by atoms with Crippen LogP contribution < -0.4 is 5.43 Å². The maximum absolute atomic E-state index is 13.3. The van der Waals surface area contributed by atoms with Crippen LogP contribution in [0.4, 0.5) is 0 Å². The lowest BCUT2D eigenvalue weighted by atomic mass is 9.98. The SMILES string of the molecule is COCCCN1C(=O)c2oc3ccc(C)cc3c(=O)c2C1c1ccc(O)cc1. The number of carbonyl (C=O) groups is 1. The summed E-state index contributed by atoms with van der Waals surface area (Å²) >= 11 is 0. The van der Waals surface area contributed by atoms with Gasteiger partial charge >= 0.3 is 0 Å². The molecule has 0 radical (unpaired) electrons. The summed E-state index contributed by atoms with van der Waals surface area (Å²) in [4.78, 5) is 28.1. The summed E-state index contributed by atoms with van der Waals surface area (Å²) in [6.45, 7) is 2.84. The number of methoxy groups -OCH3 is 1. The van der Waals surface area contributed by atoms with Gasteiger partial charge in [-0.2, -0.15) is 0 Å². The minimum atomic E-state index is -0.555. The number of carbonyl (C=O) groups excluding carboxylic acids is 1. The molecule has 1 atom stereocenters. The van der Waals surface area contributed by atoms with E-state index in [2.05, 4.69) is 0 Å². The van der Waals surface area contributed by atoms with Crippen molar-refractivity contribution in [1.82, 2.24) is 4.90 Å². The van der Waals surface area contributed by atoms with Gasteiger partial charge in [-0.1, -0.05) is 23.8 Å². The van der Waals surface area contributed by atoms with Crippen LogP contribution in [0, 0.1) is 6.92 Å². The maximum Gasteiger partial charge on any atom is 0.290 e. The first-order chi connectivity index (χ1) is 13.5. The monoisotopic (exact) mass is 379 g/mol. The summed E-state index contributed by atoms with van der Waals surface area (Å²) in [5.41, 5.74) is 2.27. The van der Waals surface area contributed by atoms with Crippen molar-refractivity contribution in [3.05, 3.63) is 75.1 Å². The van der Waals surface area contributed by atoms with Crippen LogP contribution in [-0.4, -0.2) is 36.2 Å². The largest absolute Gasteiger partial charge is 0.508 e. The van der Waals surface area contributed by atoms with E-state index in [1.807, 2.05) is 13.0 Å². The molecule has 1 aliphatic rings. The number of aromatic hydroxyl groups is 1. The third kappa shape index (κ3) is 2.96. The molecule has 1 amide bonds. The average molecular weight is 379 g/mol. The van der Waals surface area contributed by atoms with Crippen molar-refractivity contribution < 1.29 is 19.1 Å². The standard InChI is InChI=1S/C22H21NO5/c1-13-4-9-17-16(12-13)20(25)18-19(14-5-7-15(24)8-6-14)23(10-3-11-27-2)22(26)21(18)28-17/h4-9,12,19,24H,3,10-11H2,1-2H3. The van der Waals surface area contributed by atoms with Gasteiger partial charge in [0.05, 0.1) is 17.0 Å². The summed E-state index contributed by atoms with van der Waals surface area (Å²) in [5, 5.41) is 10.1. The zero-order chi connectivity index (χ0) is 19.8. The van der Waals surface area contributed by atoms with Crippen LogP contribution in [0.2, 0.25) is 0 Å². The van der Waals surface area contributed by atoms with E-state index in [9.17, 15) is 14.7 Å². The molecule has 1 N–H and O–H groups in total. The van der Waals surface area contributed by atoms with Crippen LogP contribution in [0.25, 0.3) is 11.0 Å². The summed E-state index contributed by atoms with van der Waals surface area (Å²) in [5.74, 6) is -0.0824. The van der Waals surface area contributed by atoms with Crippen molar-refractivity contribution in [2.24, 2.45) is 0 Å². The molecule has 2 aromatic carbocycles. The zero-order valence-corrected chi connectivity index (χ0v) is 15.8. The van der Waals surface area contributed by atoms with Crippen molar-refractivity contribution in [2.45, 2.75) is 19.4 Å².